The van der Waals surface area contributed by atoms with E-state index in [4.69, 9.17) is 0 Å². The van der Waals surface area contributed by atoms with Gasteiger partial charge in [-0.05, 0) is 25.7 Å². The van der Waals surface area contributed by atoms with Crippen LogP contribution in [0.25, 0.3) is 0 Å². The fourth-order valence-corrected chi connectivity index (χ4v) is 4.25. The molecule has 3 rings (SSSR count). The summed E-state index contributed by atoms with van der Waals surface area (Å²) >= 11 is 0. The van der Waals surface area contributed by atoms with E-state index in [0.717, 1.165) is 25.7 Å². The van der Waals surface area contributed by atoms with Gasteiger partial charge in [0, 0.05) is 25.2 Å². The van der Waals surface area contributed by atoms with Crippen LogP contribution in [0.3, 0.4) is 0 Å². The number of aryl methyl sites for hydroxylation is 1. The second-order valence-electron chi connectivity index (χ2n) is 7.14. The predicted octanol–water partition coefficient (Wildman–Crippen LogP) is 3.23. The van der Waals surface area contributed by atoms with Crippen molar-refractivity contribution >= 4 is 11.9 Å². The van der Waals surface area contributed by atoms with Gasteiger partial charge >= 0.3 is 5.97 Å². The van der Waals surface area contributed by atoms with E-state index in [-0.39, 0.29) is 29.4 Å². The molecule has 2 fully saturated rings. The predicted molar refractivity (Wildman–Crippen MR) is 90.1 cm³/mol. The average Bonchev–Trinajstić information content (AvgIpc) is 2.99. The van der Waals surface area contributed by atoms with Crippen LogP contribution in [0.15, 0.2) is 6.07 Å². The molecule has 0 spiro atoms. The summed E-state index contributed by atoms with van der Waals surface area (Å²) in [7, 11) is 1.58. The smallest absolute Gasteiger partial charge is 0.354 e. The van der Waals surface area contributed by atoms with Gasteiger partial charge in [-0.1, -0.05) is 38.5 Å². The zero-order valence-electron chi connectivity index (χ0n) is 14.4. The molecule has 6 heteroatoms. The van der Waals surface area contributed by atoms with E-state index < -0.39 is 5.97 Å². The summed E-state index contributed by atoms with van der Waals surface area (Å²) < 4.78 is 1.29. The number of carbonyl (C=O) groups is 2. The number of carboxylic acids is 1. The number of carboxylic acid groups (broad SMARTS) is 1. The normalized spacial score (nSPS) is 20.0. The zero-order chi connectivity index (χ0) is 17.1. The van der Waals surface area contributed by atoms with E-state index in [2.05, 4.69) is 10.00 Å². The van der Waals surface area contributed by atoms with Gasteiger partial charge in [0.2, 0.25) is 0 Å². The van der Waals surface area contributed by atoms with Crippen LogP contribution < -0.4 is 0 Å². The minimum Gasteiger partial charge on any atom is -0.477 e. The van der Waals surface area contributed by atoms with E-state index in [1.165, 1.54) is 49.3 Å². The highest BCUT2D eigenvalue weighted by molar-refractivity contribution is 5.95. The highest BCUT2D eigenvalue weighted by Crippen LogP contribution is 2.31. The molecule has 1 heterocycles. The molecule has 2 aliphatic carbocycles. The molecule has 1 amide bonds. The Bertz CT molecular complexity index is 581. The third-order valence-corrected chi connectivity index (χ3v) is 5.49. The molecule has 0 unspecified atom stereocenters. The molecule has 24 heavy (non-hydrogen) atoms. The lowest BCUT2D eigenvalue weighted by Gasteiger charge is -2.41. The topological polar surface area (TPSA) is 75.4 Å². The number of rotatable bonds is 4. The van der Waals surface area contributed by atoms with Gasteiger partial charge in [-0.3, -0.25) is 9.48 Å². The molecule has 132 valence electrons. The zero-order valence-corrected chi connectivity index (χ0v) is 14.4. The number of aromatic nitrogens is 2. The standard InChI is InChI=1S/C18H27N3O3/c1-20-16(18(23)24)12-15(19-20)17(22)21(13-8-4-2-5-9-13)14-10-6-3-7-11-14/h12-14H,2-11H2,1H3,(H,23,24). The van der Waals surface area contributed by atoms with Crippen molar-refractivity contribution in [3.8, 4) is 0 Å². The van der Waals surface area contributed by atoms with Gasteiger partial charge in [0.15, 0.2) is 5.69 Å². The Kier molecular flexibility index (Phi) is 5.21. The third-order valence-electron chi connectivity index (χ3n) is 5.49. The van der Waals surface area contributed by atoms with E-state index in [1.807, 2.05) is 0 Å². The molecule has 1 aromatic rings. The van der Waals surface area contributed by atoms with Gasteiger partial charge in [0.25, 0.3) is 5.91 Å². The molecule has 1 aromatic heterocycles. The second kappa shape index (κ2) is 7.36. The molecule has 0 aromatic carbocycles. The summed E-state index contributed by atoms with van der Waals surface area (Å²) in [6.45, 7) is 0. The van der Waals surface area contributed by atoms with Crippen molar-refractivity contribution in [3.63, 3.8) is 0 Å². The molecule has 1 N–H and O–H groups in total. The van der Waals surface area contributed by atoms with Crippen molar-refractivity contribution in [2.45, 2.75) is 76.3 Å². The van der Waals surface area contributed by atoms with Crippen molar-refractivity contribution in [2.75, 3.05) is 0 Å². The van der Waals surface area contributed by atoms with Crippen LogP contribution in [0.4, 0.5) is 0 Å². The fraction of sp³-hybridized carbons (Fsp3) is 0.722. The average molecular weight is 333 g/mol. The Morgan fingerprint density at radius 1 is 1.04 bits per heavy atom. The quantitative estimate of drug-likeness (QED) is 0.918. The first-order valence-corrected chi connectivity index (χ1v) is 9.18. The van der Waals surface area contributed by atoms with Gasteiger partial charge in [0.1, 0.15) is 5.69 Å². The maximum absolute atomic E-state index is 13.2. The van der Waals surface area contributed by atoms with Gasteiger partial charge in [-0.25, -0.2) is 4.79 Å². The molecule has 0 bridgehead atoms. The summed E-state index contributed by atoms with van der Waals surface area (Å²) in [4.78, 5) is 26.5. The Balaban J connectivity index is 1.87. The lowest BCUT2D eigenvalue weighted by Crippen LogP contribution is -2.49. The number of hydrogen-bond acceptors (Lipinski definition) is 3. The first kappa shape index (κ1) is 17.0. The van der Waals surface area contributed by atoms with Gasteiger partial charge in [-0.15, -0.1) is 0 Å². The molecule has 6 nitrogen and oxygen atoms in total. The number of nitrogens with zero attached hydrogens (tertiary/aromatic N) is 3. The van der Waals surface area contributed by atoms with Crippen LogP contribution >= 0.6 is 0 Å². The van der Waals surface area contributed by atoms with Crippen LogP contribution in [-0.4, -0.2) is 43.7 Å². The van der Waals surface area contributed by atoms with Crippen molar-refractivity contribution in [1.82, 2.24) is 14.7 Å². The van der Waals surface area contributed by atoms with Gasteiger partial charge in [0.05, 0.1) is 0 Å². The van der Waals surface area contributed by atoms with Crippen molar-refractivity contribution in [2.24, 2.45) is 7.05 Å². The molecular formula is C18H27N3O3. The maximum atomic E-state index is 13.2. The molecule has 2 saturated carbocycles. The van der Waals surface area contributed by atoms with Crippen molar-refractivity contribution in [1.29, 1.82) is 0 Å². The van der Waals surface area contributed by atoms with Gasteiger partial charge < -0.3 is 10.0 Å². The van der Waals surface area contributed by atoms with Crippen LogP contribution in [0.1, 0.15) is 85.2 Å². The molecule has 0 saturated heterocycles. The van der Waals surface area contributed by atoms with Crippen LogP contribution in [-0.2, 0) is 7.05 Å². The SMILES string of the molecule is Cn1nc(C(=O)N(C2CCCCC2)C2CCCCC2)cc1C(=O)O. The lowest BCUT2D eigenvalue weighted by atomic mass is 9.88. The first-order valence-electron chi connectivity index (χ1n) is 9.18. The fourth-order valence-electron chi connectivity index (χ4n) is 4.25. The Labute approximate surface area is 142 Å². The van der Waals surface area contributed by atoms with Crippen LogP contribution in [0.5, 0.6) is 0 Å². The third kappa shape index (κ3) is 3.47. The summed E-state index contributed by atoms with van der Waals surface area (Å²) in [5, 5.41) is 13.4. The molecule has 0 radical (unpaired) electrons. The van der Waals surface area contributed by atoms with Crippen molar-refractivity contribution < 1.29 is 14.7 Å². The molecule has 0 atom stereocenters. The van der Waals surface area contributed by atoms with E-state index in [0.29, 0.717) is 0 Å². The summed E-state index contributed by atoms with van der Waals surface area (Å²) in [6.07, 6.45) is 11.4. The first-order chi connectivity index (χ1) is 11.6. The summed E-state index contributed by atoms with van der Waals surface area (Å²) in [6, 6.07) is 1.98. The highest BCUT2D eigenvalue weighted by atomic mass is 16.4. The van der Waals surface area contributed by atoms with E-state index >= 15 is 0 Å². The Morgan fingerprint density at radius 2 is 1.54 bits per heavy atom. The largest absolute Gasteiger partial charge is 0.477 e. The van der Waals surface area contributed by atoms with Crippen LogP contribution in [0, 0.1) is 0 Å². The Morgan fingerprint density at radius 3 is 1.96 bits per heavy atom. The number of amides is 1. The molecule has 0 aliphatic heterocycles. The second-order valence-corrected chi connectivity index (χ2v) is 7.14. The molecular weight excluding hydrogens is 306 g/mol. The highest BCUT2D eigenvalue weighted by Gasteiger charge is 2.34. The maximum Gasteiger partial charge on any atom is 0.354 e. The number of aromatic carboxylic acids is 1. The minimum absolute atomic E-state index is 0.0607. The minimum atomic E-state index is -1.05. The van der Waals surface area contributed by atoms with Gasteiger partial charge in [-0.2, -0.15) is 5.10 Å². The van der Waals surface area contributed by atoms with Crippen LogP contribution in [0.2, 0.25) is 0 Å². The monoisotopic (exact) mass is 333 g/mol. The number of hydrogen-bond donors (Lipinski definition) is 1. The van der Waals surface area contributed by atoms with Crippen molar-refractivity contribution in [3.05, 3.63) is 17.5 Å². The summed E-state index contributed by atoms with van der Waals surface area (Å²) in [5.41, 5.74) is 0.330. The molecule has 2 aliphatic rings. The summed E-state index contributed by atoms with van der Waals surface area (Å²) in [5.74, 6) is -1.14. The number of carbonyl (C=O) groups excluding carboxylic acids is 1. The van der Waals surface area contributed by atoms with E-state index in [9.17, 15) is 14.7 Å². The van der Waals surface area contributed by atoms with E-state index in [1.54, 1.807) is 7.05 Å². The Hall–Kier alpha value is -1.85. The lowest BCUT2D eigenvalue weighted by molar-refractivity contribution is 0.0441.